The summed E-state index contributed by atoms with van der Waals surface area (Å²) >= 11 is 0. The molecule has 28 heavy (non-hydrogen) atoms. The number of hydrazone groups is 1. The zero-order valence-corrected chi connectivity index (χ0v) is 16.8. The molecule has 1 N–H and O–H groups in total. The van der Waals surface area contributed by atoms with Crippen LogP contribution in [0.3, 0.4) is 0 Å². The van der Waals surface area contributed by atoms with Gasteiger partial charge in [-0.05, 0) is 42.7 Å². The van der Waals surface area contributed by atoms with Crippen LogP contribution in [0.5, 0.6) is 11.5 Å². The second kappa shape index (κ2) is 12.5. The van der Waals surface area contributed by atoms with Crippen molar-refractivity contribution in [2.45, 2.75) is 46.0 Å². The molecule has 0 aromatic heterocycles. The van der Waals surface area contributed by atoms with E-state index < -0.39 is 0 Å². The summed E-state index contributed by atoms with van der Waals surface area (Å²) in [5.74, 6) is 1.28. The van der Waals surface area contributed by atoms with Crippen LogP contribution in [0, 0.1) is 0 Å². The van der Waals surface area contributed by atoms with E-state index in [1.54, 1.807) is 6.21 Å². The number of hydrogen-bond acceptors (Lipinski definition) is 4. The first-order chi connectivity index (χ1) is 13.7. The maximum absolute atomic E-state index is 11.9. The number of rotatable bonds is 12. The van der Waals surface area contributed by atoms with E-state index in [9.17, 15) is 4.79 Å². The Hall–Kier alpha value is -2.82. The topological polar surface area (TPSA) is 59.9 Å². The van der Waals surface area contributed by atoms with Gasteiger partial charge in [-0.2, -0.15) is 5.10 Å². The number of unbranched alkanes of at least 4 members (excludes halogenated alkanes) is 3. The summed E-state index contributed by atoms with van der Waals surface area (Å²) in [6.45, 7) is 5.37. The number of benzene rings is 2. The summed E-state index contributed by atoms with van der Waals surface area (Å²) in [6.07, 6.45) is 6.56. The van der Waals surface area contributed by atoms with Gasteiger partial charge in [-0.15, -0.1) is 0 Å². The Labute approximate surface area is 167 Å². The van der Waals surface area contributed by atoms with E-state index in [-0.39, 0.29) is 5.91 Å². The molecule has 5 heteroatoms. The summed E-state index contributed by atoms with van der Waals surface area (Å²) in [4.78, 5) is 11.9. The van der Waals surface area contributed by atoms with E-state index in [1.807, 2.05) is 55.5 Å². The third-order valence-corrected chi connectivity index (χ3v) is 4.13. The van der Waals surface area contributed by atoms with Crippen molar-refractivity contribution in [2.75, 3.05) is 13.2 Å². The molecule has 0 fully saturated rings. The lowest BCUT2D eigenvalue weighted by Crippen LogP contribution is -2.19. The molecule has 0 atom stereocenters. The van der Waals surface area contributed by atoms with Gasteiger partial charge in [0.2, 0.25) is 5.91 Å². The van der Waals surface area contributed by atoms with E-state index in [1.165, 1.54) is 19.3 Å². The number of ether oxygens (including phenoxy) is 2. The first-order valence-electron chi connectivity index (χ1n) is 9.98. The van der Waals surface area contributed by atoms with Gasteiger partial charge in [-0.1, -0.05) is 56.5 Å². The summed E-state index contributed by atoms with van der Waals surface area (Å²) in [7, 11) is 0. The Morgan fingerprint density at radius 3 is 2.57 bits per heavy atom. The quantitative estimate of drug-likeness (QED) is 0.328. The summed E-state index contributed by atoms with van der Waals surface area (Å²) in [5, 5.41) is 4.04. The Morgan fingerprint density at radius 1 is 1.00 bits per heavy atom. The lowest BCUT2D eigenvalue weighted by Gasteiger charge is -2.12. The predicted octanol–water partition coefficient (Wildman–Crippen LogP) is 4.74. The van der Waals surface area contributed by atoms with Crippen molar-refractivity contribution >= 4 is 12.1 Å². The molecule has 0 aliphatic heterocycles. The molecule has 0 bridgehead atoms. The van der Waals surface area contributed by atoms with Crippen LogP contribution >= 0.6 is 0 Å². The zero-order valence-electron chi connectivity index (χ0n) is 16.8. The third kappa shape index (κ3) is 7.82. The van der Waals surface area contributed by atoms with Crippen LogP contribution in [-0.2, 0) is 11.2 Å². The van der Waals surface area contributed by atoms with Crippen molar-refractivity contribution in [1.82, 2.24) is 5.43 Å². The number of carbonyl (C=O) groups excluding carboxylic acids is 1. The van der Waals surface area contributed by atoms with Gasteiger partial charge in [0.25, 0.3) is 0 Å². The molecule has 0 aliphatic carbocycles. The van der Waals surface area contributed by atoms with Crippen molar-refractivity contribution in [3.8, 4) is 11.5 Å². The molecule has 0 saturated heterocycles. The van der Waals surface area contributed by atoms with Gasteiger partial charge in [-0.25, -0.2) is 5.43 Å². The van der Waals surface area contributed by atoms with Gasteiger partial charge in [-0.3, -0.25) is 4.79 Å². The van der Waals surface area contributed by atoms with Crippen LogP contribution in [0.4, 0.5) is 0 Å². The van der Waals surface area contributed by atoms with Gasteiger partial charge in [0.15, 0.2) is 11.5 Å². The van der Waals surface area contributed by atoms with E-state index in [0.29, 0.717) is 25.4 Å². The maximum Gasteiger partial charge on any atom is 0.244 e. The molecule has 5 nitrogen and oxygen atoms in total. The van der Waals surface area contributed by atoms with E-state index >= 15 is 0 Å². The Balaban J connectivity index is 1.89. The first kappa shape index (κ1) is 21.5. The molecule has 0 aliphatic rings. The molecular weight excluding hydrogens is 352 g/mol. The summed E-state index contributed by atoms with van der Waals surface area (Å²) < 4.78 is 11.5. The lowest BCUT2D eigenvalue weighted by atomic mass is 10.1. The molecule has 2 aromatic carbocycles. The molecule has 0 unspecified atom stereocenters. The van der Waals surface area contributed by atoms with Crippen LogP contribution < -0.4 is 14.9 Å². The average molecular weight is 383 g/mol. The molecule has 0 saturated carbocycles. The fraction of sp³-hybridized carbons (Fsp3) is 0.391. The Kier molecular flexibility index (Phi) is 9.62. The van der Waals surface area contributed by atoms with E-state index in [4.69, 9.17) is 9.47 Å². The summed E-state index contributed by atoms with van der Waals surface area (Å²) in [6, 6.07) is 15.2. The average Bonchev–Trinajstić information content (AvgIpc) is 2.70. The van der Waals surface area contributed by atoms with E-state index in [2.05, 4.69) is 17.5 Å². The van der Waals surface area contributed by atoms with Gasteiger partial charge in [0.05, 0.1) is 25.8 Å². The van der Waals surface area contributed by atoms with Crippen molar-refractivity contribution in [3.05, 3.63) is 59.7 Å². The standard InChI is InChI=1S/C23H30N2O3/c1-3-5-6-10-15-28-21-14-13-20(16-22(21)27-4-2)18-24-25-23(26)17-19-11-8-7-9-12-19/h7-9,11-14,16,18H,3-6,10,15,17H2,1-2H3,(H,25,26)/b24-18+. The summed E-state index contributed by atoms with van der Waals surface area (Å²) in [5.41, 5.74) is 4.35. The predicted molar refractivity (Wildman–Crippen MR) is 113 cm³/mol. The van der Waals surface area contributed by atoms with Gasteiger partial charge < -0.3 is 9.47 Å². The van der Waals surface area contributed by atoms with Crippen LogP contribution in [0.1, 0.15) is 50.7 Å². The number of hydrogen-bond donors (Lipinski definition) is 1. The highest BCUT2D eigenvalue weighted by Crippen LogP contribution is 2.28. The van der Waals surface area contributed by atoms with Gasteiger partial charge >= 0.3 is 0 Å². The third-order valence-electron chi connectivity index (χ3n) is 4.13. The molecular formula is C23H30N2O3. The van der Waals surface area contributed by atoms with Crippen LogP contribution in [-0.4, -0.2) is 25.3 Å². The highest BCUT2D eigenvalue weighted by molar-refractivity contribution is 5.84. The highest BCUT2D eigenvalue weighted by atomic mass is 16.5. The zero-order chi connectivity index (χ0) is 20.0. The van der Waals surface area contributed by atoms with Crippen molar-refractivity contribution in [1.29, 1.82) is 0 Å². The SMILES string of the molecule is CCCCCCOc1ccc(/C=N/NC(=O)Cc2ccccc2)cc1OCC. The molecule has 0 heterocycles. The fourth-order valence-electron chi connectivity index (χ4n) is 2.70. The fourth-order valence-corrected chi connectivity index (χ4v) is 2.70. The minimum absolute atomic E-state index is 0.153. The number of amides is 1. The Morgan fingerprint density at radius 2 is 1.82 bits per heavy atom. The minimum atomic E-state index is -0.153. The van der Waals surface area contributed by atoms with E-state index in [0.717, 1.165) is 23.3 Å². The van der Waals surface area contributed by atoms with Gasteiger partial charge in [0, 0.05) is 0 Å². The molecule has 0 radical (unpaired) electrons. The monoisotopic (exact) mass is 382 g/mol. The minimum Gasteiger partial charge on any atom is -0.490 e. The second-order valence-corrected chi connectivity index (χ2v) is 6.50. The largest absolute Gasteiger partial charge is 0.490 e. The lowest BCUT2D eigenvalue weighted by molar-refractivity contribution is -0.120. The molecule has 1 amide bonds. The smallest absolute Gasteiger partial charge is 0.244 e. The van der Waals surface area contributed by atoms with Crippen LogP contribution in [0.2, 0.25) is 0 Å². The molecule has 150 valence electrons. The van der Waals surface area contributed by atoms with Crippen molar-refractivity contribution in [3.63, 3.8) is 0 Å². The van der Waals surface area contributed by atoms with Crippen molar-refractivity contribution in [2.24, 2.45) is 5.10 Å². The number of nitrogens with one attached hydrogen (secondary N) is 1. The number of carbonyl (C=O) groups is 1. The number of nitrogens with zero attached hydrogens (tertiary/aromatic N) is 1. The Bertz CT molecular complexity index is 745. The van der Waals surface area contributed by atoms with Gasteiger partial charge in [0.1, 0.15) is 0 Å². The second-order valence-electron chi connectivity index (χ2n) is 6.50. The molecule has 2 aromatic rings. The normalized spacial score (nSPS) is 10.8. The maximum atomic E-state index is 11.9. The molecule has 2 rings (SSSR count). The van der Waals surface area contributed by atoms with Crippen molar-refractivity contribution < 1.29 is 14.3 Å². The van der Waals surface area contributed by atoms with Crippen LogP contribution in [0.25, 0.3) is 0 Å². The van der Waals surface area contributed by atoms with Crippen LogP contribution in [0.15, 0.2) is 53.6 Å². The molecule has 0 spiro atoms. The highest BCUT2D eigenvalue weighted by Gasteiger charge is 2.06. The first-order valence-corrected chi connectivity index (χ1v) is 9.98.